The molecule has 8 heteroatoms. The number of anilines is 1. The van der Waals surface area contributed by atoms with Crippen molar-refractivity contribution in [1.29, 1.82) is 0 Å². The summed E-state index contributed by atoms with van der Waals surface area (Å²) in [5.74, 6) is -0.467. The summed E-state index contributed by atoms with van der Waals surface area (Å²) in [7, 11) is 0. The Morgan fingerprint density at radius 3 is 2.25 bits per heavy atom. The van der Waals surface area contributed by atoms with E-state index in [1.165, 1.54) is 16.8 Å². The first-order chi connectivity index (χ1) is 13.2. The zero-order chi connectivity index (χ0) is 20.5. The first-order valence-corrected chi connectivity index (χ1v) is 8.65. The fourth-order valence-corrected chi connectivity index (χ4v) is 2.81. The van der Waals surface area contributed by atoms with Gasteiger partial charge >= 0.3 is 6.18 Å². The van der Waals surface area contributed by atoms with Gasteiger partial charge in [0, 0.05) is 17.6 Å². The van der Waals surface area contributed by atoms with Crippen molar-refractivity contribution in [2.75, 3.05) is 5.32 Å². The molecular weight excluding hydrogens is 371 g/mol. The van der Waals surface area contributed by atoms with Crippen LogP contribution in [0.3, 0.4) is 0 Å². The highest BCUT2D eigenvalue weighted by Crippen LogP contribution is 2.30. The molecule has 0 spiro atoms. The van der Waals surface area contributed by atoms with Gasteiger partial charge in [0.25, 0.3) is 11.5 Å². The van der Waals surface area contributed by atoms with E-state index < -0.39 is 17.6 Å². The summed E-state index contributed by atoms with van der Waals surface area (Å²) in [6, 6.07) is 10.7. The maximum atomic E-state index is 12.7. The van der Waals surface area contributed by atoms with Gasteiger partial charge in [0.1, 0.15) is 0 Å². The Balaban J connectivity index is 1.99. The van der Waals surface area contributed by atoms with Gasteiger partial charge in [0.05, 0.1) is 10.9 Å². The summed E-state index contributed by atoms with van der Waals surface area (Å²) in [6.45, 7) is 4.18. The Kier molecular flexibility index (Phi) is 5.22. The van der Waals surface area contributed by atoms with Crippen molar-refractivity contribution in [3.8, 4) is 0 Å². The van der Waals surface area contributed by atoms with Crippen LogP contribution in [0.25, 0.3) is 10.8 Å². The van der Waals surface area contributed by atoms with Gasteiger partial charge in [-0.15, -0.1) is 0 Å². The van der Waals surface area contributed by atoms with Gasteiger partial charge in [-0.1, -0.05) is 32.0 Å². The lowest BCUT2D eigenvalue weighted by molar-refractivity contribution is -0.137. The minimum Gasteiger partial charge on any atom is -0.321 e. The maximum absolute atomic E-state index is 12.7. The minimum absolute atomic E-state index is 0.0377. The third kappa shape index (κ3) is 4.05. The average molecular weight is 389 g/mol. The molecule has 3 aromatic rings. The Bertz CT molecular complexity index is 1070. The highest BCUT2D eigenvalue weighted by molar-refractivity contribution is 6.11. The topological polar surface area (TPSA) is 64.0 Å². The molecule has 0 aliphatic carbocycles. The van der Waals surface area contributed by atoms with E-state index in [0.717, 1.165) is 12.1 Å². The first kappa shape index (κ1) is 19.6. The van der Waals surface area contributed by atoms with Crippen molar-refractivity contribution in [1.82, 2.24) is 9.78 Å². The number of aromatic nitrogens is 2. The van der Waals surface area contributed by atoms with Crippen molar-refractivity contribution in [2.45, 2.75) is 26.6 Å². The van der Waals surface area contributed by atoms with E-state index in [-0.39, 0.29) is 22.9 Å². The molecule has 146 valence electrons. The van der Waals surface area contributed by atoms with Crippen LogP contribution in [0.15, 0.2) is 53.3 Å². The van der Waals surface area contributed by atoms with Crippen LogP contribution in [-0.4, -0.2) is 15.7 Å². The second-order valence-corrected chi connectivity index (χ2v) is 6.80. The Labute approximate surface area is 158 Å². The zero-order valence-corrected chi connectivity index (χ0v) is 15.2. The normalized spacial score (nSPS) is 11.8. The number of nitrogens with zero attached hydrogens (tertiary/aromatic N) is 2. The molecule has 2 aromatic carbocycles. The number of hydrogen-bond acceptors (Lipinski definition) is 3. The van der Waals surface area contributed by atoms with E-state index in [9.17, 15) is 22.8 Å². The van der Waals surface area contributed by atoms with Crippen LogP contribution in [-0.2, 0) is 12.7 Å². The van der Waals surface area contributed by atoms with Crippen LogP contribution in [0.1, 0.15) is 29.9 Å². The summed E-state index contributed by atoms with van der Waals surface area (Å²) in [4.78, 5) is 25.3. The van der Waals surface area contributed by atoms with Gasteiger partial charge in [-0.3, -0.25) is 9.59 Å². The van der Waals surface area contributed by atoms with Crippen molar-refractivity contribution >= 4 is 22.4 Å². The molecule has 1 N–H and O–H groups in total. The molecule has 0 fully saturated rings. The van der Waals surface area contributed by atoms with Crippen LogP contribution in [0.5, 0.6) is 0 Å². The summed E-state index contributed by atoms with van der Waals surface area (Å²) < 4.78 is 39.3. The van der Waals surface area contributed by atoms with Crippen molar-refractivity contribution in [2.24, 2.45) is 5.92 Å². The predicted octanol–water partition coefficient (Wildman–Crippen LogP) is 4.32. The Hall–Kier alpha value is -3.16. The standard InChI is InChI=1S/C20H18F3N3O2/c1-12(2)11-26-19(28)16-6-4-3-5-15(16)17(25-26)18(27)24-14-9-7-13(8-10-14)20(21,22)23/h3-10,12H,11H2,1-2H3,(H,24,27). The number of nitrogens with one attached hydrogen (secondary N) is 1. The number of alkyl halides is 3. The highest BCUT2D eigenvalue weighted by Gasteiger charge is 2.30. The smallest absolute Gasteiger partial charge is 0.321 e. The second-order valence-electron chi connectivity index (χ2n) is 6.80. The van der Waals surface area contributed by atoms with E-state index in [4.69, 9.17) is 0 Å². The zero-order valence-electron chi connectivity index (χ0n) is 15.2. The Morgan fingerprint density at radius 2 is 1.68 bits per heavy atom. The molecule has 0 saturated carbocycles. The molecule has 28 heavy (non-hydrogen) atoms. The van der Waals surface area contributed by atoms with E-state index in [0.29, 0.717) is 17.3 Å². The lowest BCUT2D eigenvalue weighted by Gasteiger charge is -2.13. The van der Waals surface area contributed by atoms with Gasteiger partial charge in [0.2, 0.25) is 0 Å². The van der Waals surface area contributed by atoms with Crippen LogP contribution in [0, 0.1) is 5.92 Å². The van der Waals surface area contributed by atoms with Crippen LogP contribution >= 0.6 is 0 Å². The fraction of sp³-hybridized carbons (Fsp3) is 0.250. The van der Waals surface area contributed by atoms with Crippen LogP contribution < -0.4 is 10.9 Å². The lowest BCUT2D eigenvalue weighted by Crippen LogP contribution is -2.29. The molecule has 0 aliphatic heterocycles. The van der Waals surface area contributed by atoms with Gasteiger partial charge in [0.15, 0.2) is 5.69 Å². The van der Waals surface area contributed by atoms with Gasteiger partial charge in [-0.25, -0.2) is 4.68 Å². The van der Waals surface area contributed by atoms with Crippen LogP contribution in [0.2, 0.25) is 0 Å². The molecule has 0 bridgehead atoms. The Morgan fingerprint density at radius 1 is 1.07 bits per heavy atom. The molecule has 1 heterocycles. The number of rotatable bonds is 4. The van der Waals surface area contributed by atoms with Crippen molar-refractivity contribution in [3.63, 3.8) is 0 Å². The van der Waals surface area contributed by atoms with Crippen molar-refractivity contribution in [3.05, 3.63) is 70.1 Å². The molecule has 5 nitrogen and oxygen atoms in total. The largest absolute Gasteiger partial charge is 0.416 e. The van der Waals surface area contributed by atoms with Gasteiger partial charge in [-0.2, -0.15) is 18.3 Å². The number of halogens is 3. The summed E-state index contributed by atoms with van der Waals surface area (Å²) in [5, 5.41) is 7.49. The van der Waals surface area contributed by atoms with Crippen molar-refractivity contribution < 1.29 is 18.0 Å². The number of carbonyl (C=O) groups excluding carboxylic acids is 1. The summed E-state index contributed by atoms with van der Waals surface area (Å²) >= 11 is 0. The fourth-order valence-electron chi connectivity index (χ4n) is 2.81. The van der Waals surface area contributed by atoms with E-state index in [2.05, 4.69) is 10.4 Å². The average Bonchev–Trinajstić information content (AvgIpc) is 2.63. The molecule has 0 aliphatic rings. The third-order valence-corrected chi connectivity index (χ3v) is 4.09. The molecule has 0 radical (unpaired) electrons. The highest BCUT2D eigenvalue weighted by atomic mass is 19.4. The number of fused-ring (bicyclic) bond motifs is 1. The number of carbonyl (C=O) groups is 1. The van der Waals surface area contributed by atoms with Gasteiger partial charge in [-0.05, 0) is 36.2 Å². The lowest BCUT2D eigenvalue weighted by atomic mass is 10.1. The first-order valence-electron chi connectivity index (χ1n) is 8.65. The SMILES string of the molecule is CC(C)Cn1nc(C(=O)Nc2ccc(C(F)(F)F)cc2)c2ccccc2c1=O. The molecular formula is C20H18F3N3O2. The van der Waals surface area contributed by atoms with E-state index in [1.807, 2.05) is 13.8 Å². The monoisotopic (exact) mass is 389 g/mol. The quantitative estimate of drug-likeness (QED) is 0.723. The molecule has 0 atom stereocenters. The molecule has 3 rings (SSSR count). The molecule has 1 aromatic heterocycles. The molecule has 1 amide bonds. The van der Waals surface area contributed by atoms with Gasteiger partial charge < -0.3 is 5.32 Å². The van der Waals surface area contributed by atoms with Crippen LogP contribution in [0.4, 0.5) is 18.9 Å². The molecule has 0 unspecified atom stereocenters. The summed E-state index contributed by atoms with van der Waals surface area (Å²) in [6.07, 6.45) is -4.45. The second kappa shape index (κ2) is 7.46. The number of benzene rings is 2. The maximum Gasteiger partial charge on any atom is 0.416 e. The number of hydrogen-bond donors (Lipinski definition) is 1. The molecule has 0 saturated heterocycles. The summed E-state index contributed by atoms with van der Waals surface area (Å²) in [5.41, 5.74) is -0.865. The number of amides is 1. The van der Waals surface area contributed by atoms with E-state index >= 15 is 0 Å². The minimum atomic E-state index is -4.45. The predicted molar refractivity (Wildman–Crippen MR) is 100 cm³/mol. The third-order valence-electron chi connectivity index (χ3n) is 4.09. The van der Waals surface area contributed by atoms with E-state index in [1.54, 1.807) is 24.3 Å².